The third-order valence-corrected chi connectivity index (χ3v) is 2.08. The van der Waals surface area contributed by atoms with Gasteiger partial charge in [-0.1, -0.05) is 39.5 Å². The Kier molecular flexibility index (Phi) is 2.94. The molecule has 0 radical (unpaired) electrons. The molecule has 0 aliphatic carbocycles. The van der Waals surface area contributed by atoms with Crippen molar-refractivity contribution >= 4 is 6.08 Å². The van der Waals surface area contributed by atoms with Gasteiger partial charge in [0.2, 0.25) is 0 Å². The van der Waals surface area contributed by atoms with E-state index in [1.54, 1.807) is 6.08 Å². The molecule has 1 aromatic rings. The summed E-state index contributed by atoms with van der Waals surface area (Å²) in [5.41, 5.74) is 2.36. The van der Waals surface area contributed by atoms with Gasteiger partial charge in [0.25, 0.3) is 0 Å². The van der Waals surface area contributed by atoms with E-state index in [1.165, 1.54) is 0 Å². The van der Waals surface area contributed by atoms with Crippen molar-refractivity contribution in [1.29, 1.82) is 0 Å². The van der Waals surface area contributed by atoms with Crippen molar-refractivity contribution in [2.24, 2.45) is 7.05 Å². The molecule has 0 aromatic carbocycles. The monoisotopic (exact) mass is 190 g/mol. The van der Waals surface area contributed by atoms with Gasteiger partial charge >= 0.3 is 0 Å². The van der Waals surface area contributed by atoms with E-state index in [-0.39, 0.29) is 5.41 Å². The average molecular weight is 190 g/mol. The first-order valence-electron chi connectivity index (χ1n) is 4.77. The molecular weight excluding hydrogens is 172 g/mol. The maximum Gasteiger partial charge on any atom is 0.0951 e. The number of aryl methyl sites for hydroxylation is 1. The van der Waals surface area contributed by atoms with Crippen LogP contribution in [0.15, 0.2) is 25.1 Å². The van der Waals surface area contributed by atoms with E-state index in [0.717, 1.165) is 11.4 Å². The van der Waals surface area contributed by atoms with Gasteiger partial charge in [0.15, 0.2) is 0 Å². The van der Waals surface area contributed by atoms with Gasteiger partial charge in [-0.2, -0.15) is 0 Å². The van der Waals surface area contributed by atoms with Crippen LogP contribution in [0.5, 0.6) is 0 Å². The van der Waals surface area contributed by atoms with E-state index >= 15 is 0 Å². The molecule has 0 saturated carbocycles. The van der Waals surface area contributed by atoms with Crippen LogP contribution in [0.4, 0.5) is 0 Å². The molecule has 0 bridgehead atoms. The van der Waals surface area contributed by atoms with Crippen LogP contribution >= 0.6 is 0 Å². The highest BCUT2D eigenvalue weighted by Crippen LogP contribution is 2.24. The predicted octanol–water partition coefficient (Wildman–Crippen LogP) is 2.92. The maximum atomic E-state index is 4.42. The summed E-state index contributed by atoms with van der Waals surface area (Å²) in [6.45, 7) is 10.2. The van der Waals surface area contributed by atoms with Crippen molar-refractivity contribution in [1.82, 2.24) is 9.55 Å². The molecule has 0 aliphatic heterocycles. The van der Waals surface area contributed by atoms with E-state index < -0.39 is 0 Å². The van der Waals surface area contributed by atoms with Crippen LogP contribution in [-0.2, 0) is 12.5 Å². The smallest absolute Gasteiger partial charge is 0.0951 e. The van der Waals surface area contributed by atoms with Gasteiger partial charge in [0.05, 0.1) is 17.7 Å². The largest absolute Gasteiger partial charge is 0.334 e. The molecule has 1 aromatic heterocycles. The molecule has 0 N–H and O–H groups in total. The number of hydrogen-bond acceptors (Lipinski definition) is 1. The second-order valence-electron chi connectivity index (χ2n) is 4.43. The Morgan fingerprint density at radius 2 is 2.07 bits per heavy atom. The van der Waals surface area contributed by atoms with Gasteiger partial charge in [-0.15, -0.1) is 0 Å². The summed E-state index contributed by atoms with van der Waals surface area (Å²) in [4.78, 5) is 4.42. The lowest BCUT2D eigenvalue weighted by atomic mass is 9.90. The Balaban J connectivity index is 3.19. The standard InChI is InChI=1S/C12H18N2/c1-6-7-8-10-11(12(2,3)4)13-9-14(10)5/h6-9H,1H2,2-5H3/b8-7-. The van der Waals surface area contributed by atoms with Crippen LogP contribution in [0.1, 0.15) is 32.2 Å². The first kappa shape index (κ1) is 10.8. The first-order chi connectivity index (χ1) is 6.46. The van der Waals surface area contributed by atoms with Gasteiger partial charge in [-0.3, -0.25) is 0 Å². The van der Waals surface area contributed by atoms with Crippen molar-refractivity contribution in [3.8, 4) is 0 Å². The van der Waals surface area contributed by atoms with Crippen LogP contribution in [0.25, 0.3) is 6.08 Å². The normalized spacial score (nSPS) is 12.3. The highest BCUT2D eigenvalue weighted by molar-refractivity contribution is 5.51. The second-order valence-corrected chi connectivity index (χ2v) is 4.43. The lowest BCUT2D eigenvalue weighted by Gasteiger charge is -2.16. The van der Waals surface area contributed by atoms with Crippen LogP contribution < -0.4 is 0 Å². The Morgan fingerprint density at radius 1 is 1.43 bits per heavy atom. The number of nitrogens with zero attached hydrogens (tertiary/aromatic N) is 2. The van der Waals surface area contributed by atoms with Gasteiger partial charge in [0.1, 0.15) is 0 Å². The Hall–Kier alpha value is -1.31. The number of rotatable bonds is 2. The summed E-state index contributed by atoms with van der Waals surface area (Å²) < 4.78 is 2.03. The summed E-state index contributed by atoms with van der Waals surface area (Å²) in [5.74, 6) is 0. The van der Waals surface area contributed by atoms with E-state index in [1.807, 2.05) is 30.1 Å². The summed E-state index contributed by atoms with van der Waals surface area (Å²) in [6.07, 6.45) is 7.61. The molecular formula is C12H18N2. The van der Waals surface area contributed by atoms with Crippen molar-refractivity contribution < 1.29 is 0 Å². The molecule has 1 rings (SSSR count). The quantitative estimate of drug-likeness (QED) is 0.656. The fourth-order valence-electron chi connectivity index (χ4n) is 1.37. The maximum absolute atomic E-state index is 4.42. The zero-order valence-electron chi connectivity index (χ0n) is 9.41. The Morgan fingerprint density at radius 3 is 2.57 bits per heavy atom. The van der Waals surface area contributed by atoms with Crippen LogP contribution in [0.2, 0.25) is 0 Å². The SMILES string of the molecule is C=C/C=C\c1c(C(C)(C)C)ncn1C. The molecule has 14 heavy (non-hydrogen) atoms. The Bertz CT molecular complexity index is 351. The summed E-state index contributed by atoms with van der Waals surface area (Å²) in [6, 6.07) is 0. The average Bonchev–Trinajstić information content (AvgIpc) is 2.42. The third kappa shape index (κ3) is 2.13. The number of hydrogen-bond donors (Lipinski definition) is 0. The van der Waals surface area contributed by atoms with Crippen molar-refractivity contribution in [2.75, 3.05) is 0 Å². The molecule has 0 atom stereocenters. The number of aromatic nitrogens is 2. The van der Waals surface area contributed by atoms with E-state index in [9.17, 15) is 0 Å². The molecule has 0 unspecified atom stereocenters. The second kappa shape index (κ2) is 3.82. The molecule has 0 amide bonds. The summed E-state index contributed by atoms with van der Waals surface area (Å²) in [7, 11) is 2.00. The summed E-state index contributed by atoms with van der Waals surface area (Å²) >= 11 is 0. The molecule has 2 nitrogen and oxygen atoms in total. The third-order valence-electron chi connectivity index (χ3n) is 2.08. The van der Waals surface area contributed by atoms with Crippen molar-refractivity contribution in [3.63, 3.8) is 0 Å². The topological polar surface area (TPSA) is 17.8 Å². The molecule has 0 spiro atoms. The molecule has 1 heterocycles. The zero-order valence-corrected chi connectivity index (χ0v) is 9.41. The van der Waals surface area contributed by atoms with Gasteiger partial charge in [-0.05, 0) is 6.08 Å². The van der Waals surface area contributed by atoms with E-state index in [2.05, 4.69) is 32.3 Å². The minimum atomic E-state index is 0.0854. The minimum absolute atomic E-state index is 0.0854. The highest BCUT2D eigenvalue weighted by Gasteiger charge is 2.20. The fourth-order valence-corrected chi connectivity index (χ4v) is 1.37. The van der Waals surface area contributed by atoms with Crippen LogP contribution in [0, 0.1) is 0 Å². The Labute approximate surface area is 86.0 Å². The molecule has 2 heteroatoms. The van der Waals surface area contributed by atoms with Gasteiger partial charge < -0.3 is 4.57 Å². The molecule has 0 fully saturated rings. The van der Waals surface area contributed by atoms with Crippen molar-refractivity contribution in [2.45, 2.75) is 26.2 Å². The molecule has 0 saturated heterocycles. The van der Waals surface area contributed by atoms with E-state index in [4.69, 9.17) is 0 Å². The minimum Gasteiger partial charge on any atom is -0.334 e. The number of imidazole rings is 1. The number of allylic oxidation sites excluding steroid dienone is 2. The highest BCUT2D eigenvalue weighted by atomic mass is 15.0. The van der Waals surface area contributed by atoms with Gasteiger partial charge in [0, 0.05) is 12.5 Å². The van der Waals surface area contributed by atoms with Crippen LogP contribution in [-0.4, -0.2) is 9.55 Å². The molecule has 76 valence electrons. The summed E-state index contributed by atoms with van der Waals surface area (Å²) in [5, 5.41) is 0. The lowest BCUT2D eigenvalue weighted by molar-refractivity contribution is 0.570. The van der Waals surface area contributed by atoms with Crippen molar-refractivity contribution in [3.05, 3.63) is 36.4 Å². The zero-order chi connectivity index (χ0) is 10.8. The van der Waals surface area contributed by atoms with Gasteiger partial charge in [-0.25, -0.2) is 4.98 Å². The lowest BCUT2D eigenvalue weighted by Crippen LogP contribution is -2.13. The predicted molar refractivity (Wildman–Crippen MR) is 61.1 cm³/mol. The molecule has 0 aliphatic rings. The van der Waals surface area contributed by atoms with Crippen LogP contribution in [0.3, 0.4) is 0 Å². The fraction of sp³-hybridized carbons (Fsp3) is 0.417. The first-order valence-corrected chi connectivity index (χ1v) is 4.77. The van der Waals surface area contributed by atoms with E-state index in [0.29, 0.717) is 0 Å².